The molecule has 0 saturated carbocycles. The SMILES string of the molecule is N#CC(=O)O.[Na].[Na].[Na]. The van der Waals surface area contributed by atoms with Gasteiger partial charge in [-0.1, -0.05) is 0 Å². The molecule has 0 aromatic heterocycles. The summed E-state index contributed by atoms with van der Waals surface area (Å²) in [5, 5.41) is 14.7. The summed E-state index contributed by atoms with van der Waals surface area (Å²) >= 11 is 0. The van der Waals surface area contributed by atoms with Crippen LogP contribution in [0.4, 0.5) is 0 Å². The Labute approximate surface area is 114 Å². The molecule has 0 fully saturated rings. The van der Waals surface area contributed by atoms with Gasteiger partial charge in [-0.3, -0.25) is 0 Å². The van der Waals surface area contributed by atoms with Crippen LogP contribution in [0.15, 0.2) is 0 Å². The molecule has 8 heavy (non-hydrogen) atoms. The van der Waals surface area contributed by atoms with Crippen molar-refractivity contribution in [1.82, 2.24) is 0 Å². The standard InChI is InChI=1S/C2HNO2.3Na/c3-1-2(4)5;;;/h(H,4,5);;;. The average Bonchev–Trinajstić information content (AvgIpc) is 1.38. The average molecular weight is 140 g/mol. The summed E-state index contributed by atoms with van der Waals surface area (Å²) in [5.74, 6) is -1.44. The van der Waals surface area contributed by atoms with E-state index in [4.69, 9.17) is 15.2 Å². The minimum Gasteiger partial charge on any atom is -0.470 e. The third-order valence-corrected chi connectivity index (χ3v) is 0.0956. The van der Waals surface area contributed by atoms with Crippen LogP contribution >= 0.6 is 0 Å². The van der Waals surface area contributed by atoms with Gasteiger partial charge < -0.3 is 5.11 Å². The van der Waals surface area contributed by atoms with E-state index >= 15 is 0 Å². The molecule has 0 saturated heterocycles. The maximum atomic E-state index is 9.01. The molecule has 0 heterocycles. The number of carbonyl (C=O) groups is 1. The molecule has 0 aromatic rings. The molecule has 3 radical (unpaired) electrons. The second kappa shape index (κ2) is 16.0. The van der Waals surface area contributed by atoms with Gasteiger partial charge in [0.1, 0.15) is 0 Å². The number of carboxylic acids is 1. The van der Waals surface area contributed by atoms with Crippen molar-refractivity contribution in [2.24, 2.45) is 0 Å². The maximum Gasteiger partial charge on any atom is 0.408 e. The van der Waals surface area contributed by atoms with Gasteiger partial charge in [0.25, 0.3) is 0 Å². The van der Waals surface area contributed by atoms with Gasteiger partial charge in [0, 0.05) is 88.7 Å². The van der Waals surface area contributed by atoms with Crippen LogP contribution in [-0.2, 0) is 4.79 Å². The minimum atomic E-state index is -1.44. The number of rotatable bonds is 0. The summed E-state index contributed by atoms with van der Waals surface area (Å²) in [6, 6.07) is 0.944. The van der Waals surface area contributed by atoms with Crippen LogP contribution in [0.25, 0.3) is 0 Å². The van der Waals surface area contributed by atoms with Gasteiger partial charge in [0.05, 0.1) is 0 Å². The van der Waals surface area contributed by atoms with E-state index < -0.39 is 5.97 Å². The van der Waals surface area contributed by atoms with Crippen molar-refractivity contribution >= 4 is 94.6 Å². The smallest absolute Gasteiger partial charge is 0.408 e. The van der Waals surface area contributed by atoms with Crippen molar-refractivity contribution < 1.29 is 9.90 Å². The van der Waals surface area contributed by atoms with E-state index in [0.29, 0.717) is 0 Å². The van der Waals surface area contributed by atoms with Crippen molar-refractivity contribution in [2.75, 3.05) is 0 Å². The summed E-state index contributed by atoms with van der Waals surface area (Å²) in [4.78, 5) is 9.01. The third-order valence-electron chi connectivity index (χ3n) is 0.0956. The summed E-state index contributed by atoms with van der Waals surface area (Å²) in [6.45, 7) is 0. The molecular weight excluding hydrogens is 139 g/mol. The van der Waals surface area contributed by atoms with Crippen molar-refractivity contribution in [3.8, 4) is 6.07 Å². The Bertz CT molecular complexity index is 87.8. The predicted octanol–water partition coefficient (Wildman–Crippen LogP) is -1.55. The van der Waals surface area contributed by atoms with Gasteiger partial charge >= 0.3 is 5.97 Å². The number of nitriles is 1. The molecule has 0 aliphatic heterocycles. The zero-order valence-corrected chi connectivity index (χ0v) is 11.3. The second-order valence-corrected chi connectivity index (χ2v) is 0.417. The number of hydrogen-bond donors (Lipinski definition) is 1. The van der Waals surface area contributed by atoms with E-state index in [1.807, 2.05) is 0 Å². The molecule has 0 aliphatic rings. The fraction of sp³-hybridized carbons (Fsp3) is 0. The number of nitrogens with zero attached hydrogens (tertiary/aromatic N) is 1. The largest absolute Gasteiger partial charge is 0.470 e. The minimum absolute atomic E-state index is 0. The first-order valence-corrected chi connectivity index (χ1v) is 0.901. The topological polar surface area (TPSA) is 61.1 Å². The monoisotopic (exact) mass is 140 g/mol. The molecule has 29 valence electrons. The van der Waals surface area contributed by atoms with Crippen LogP contribution in [0.3, 0.4) is 0 Å². The first-order chi connectivity index (χ1) is 2.27. The number of hydrogen-bond acceptors (Lipinski definition) is 2. The van der Waals surface area contributed by atoms with Crippen molar-refractivity contribution in [3.63, 3.8) is 0 Å². The first kappa shape index (κ1) is 22.5. The molecule has 0 atom stereocenters. The molecule has 0 bridgehead atoms. The van der Waals surface area contributed by atoms with Crippen LogP contribution in [-0.4, -0.2) is 99.7 Å². The van der Waals surface area contributed by atoms with Crippen molar-refractivity contribution in [3.05, 3.63) is 0 Å². The van der Waals surface area contributed by atoms with E-state index in [-0.39, 0.29) is 88.7 Å². The Hall–Kier alpha value is 1.96. The zero-order valence-electron chi connectivity index (χ0n) is 5.30. The van der Waals surface area contributed by atoms with Crippen LogP contribution in [0, 0.1) is 11.3 Å². The quantitative estimate of drug-likeness (QED) is 0.252. The second-order valence-electron chi connectivity index (χ2n) is 0.417. The van der Waals surface area contributed by atoms with Gasteiger partial charge in [-0.05, 0) is 0 Å². The van der Waals surface area contributed by atoms with Gasteiger partial charge in [0.2, 0.25) is 0 Å². The molecule has 0 unspecified atom stereocenters. The zero-order chi connectivity index (χ0) is 4.28. The van der Waals surface area contributed by atoms with Crippen LogP contribution in [0.2, 0.25) is 0 Å². The summed E-state index contributed by atoms with van der Waals surface area (Å²) in [6.07, 6.45) is 0. The normalized spacial score (nSPS) is 3.38. The van der Waals surface area contributed by atoms with E-state index in [1.54, 1.807) is 0 Å². The summed E-state index contributed by atoms with van der Waals surface area (Å²) in [5.41, 5.74) is 0. The van der Waals surface area contributed by atoms with Crippen LogP contribution < -0.4 is 0 Å². The van der Waals surface area contributed by atoms with E-state index in [0.717, 1.165) is 6.07 Å². The Morgan fingerprint density at radius 3 is 1.50 bits per heavy atom. The maximum absolute atomic E-state index is 9.01. The molecule has 0 rings (SSSR count). The Kier molecular flexibility index (Phi) is 45.0. The summed E-state index contributed by atoms with van der Waals surface area (Å²) < 4.78 is 0. The molecule has 0 aromatic carbocycles. The molecule has 0 aliphatic carbocycles. The fourth-order valence-corrected chi connectivity index (χ4v) is 0. The predicted molar refractivity (Wildman–Crippen MR) is 30.5 cm³/mol. The molecule has 3 nitrogen and oxygen atoms in total. The fourth-order valence-electron chi connectivity index (χ4n) is 0. The van der Waals surface area contributed by atoms with Crippen molar-refractivity contribution in [2.45, 2.75) is 0 Å². The Morgan fingerprint density at radius 2 is 1.50 bits per heavy atom. The van der Waals surface area contributed by atoms with Gasteiger partial charge in [-0.15, -0.1) is 0 Å². The van der Waals surface area contributed by atoms with Crippen LogP contribution in [0.1, 0.15) is 0 Å². The third kappa shape index (κ3) is 24.6. The Balaban J connectivity index is -0.0000000267. The first-order valence-electron chi connectivity index (χ1n) is 0.901. The molecule has 1 N–H and O–H groups in total. The summed E-state index contributed by atoms with van der Waals surface area (Å²) in [7, 11) is 0. The van der Waals surface area contributed by atoms with Gasteiger partial charge in [-0.2, -0.15) is 5.26 Å². The molecular formula is C2HNNa3O2. The van der Waals surface area contributed by atoms with Crippen LogP contribution in [0.5, 0.6) is 0 Å². The Morgan fingerprint density at radius 1 is 1.38 bits per heavy atom. The van der Waals surface area contributed by atoms with E-state index in [2.05, 4.69) is 0 Å². The molecule has 6 heteroatoms. The molecule has 0 spiro atoms. The molecule has 0 amide bonds. The number of aliphatic carboxylic acids is 1. The van der Waals surface area contributed by atoms with Crippen molar-refractivity contribution in [1.29, 1.82) is 5.26 Å². The van der Waals surface area contributed by atoms with E-state index in [1.165, 1.54) is 0 Å². The van der Waals surface area contributed by atoms with Gasteiger partial charge in [0.15, 0.2) is 6.07 Å². The number of carboxylic acid groups (broad SMARTS) is 1. The van der Waals surface area contributed by atoms with Gasteiger partial charge in [-0.25, -0.2) is 4.79 Å². The van der Waals surface area contributed by atoms with E-state index in [9.17, 15) is 0 Å².